The van der Waals surface area contributed by atoms with Gasteiger partial charge in [0.1, 0.15) is 11.3 Å². The molecule has 5 heteroatoms. The largest absolute Gasteiger partial charge is 0.338 e. The summed E-state index contributed by atoms with van der Waals surface area (Å²) in [6.07, 6.45) is 0. The van der Waals surface area contributed by atoms with Crippen LogP contribution in [0.3, 0.4) is 0 Å². The number of aromatic nitrogens is 2. The number of H-pyrrole nitrogens is 1. The van der Waals surface area contributed by atoms with Crippen LogP contribution in [0.1, 0.15) is 0 Å². The molecule has 3 aromatic rings. The van der Waals surface area contributed by atoms with Crippen molar-refractivity contribution < 1.29 is 4.39 Å². The van der Waals surface area contributed by atoms with Crippen LogP contribution in [0.5, 0.6) is 0 Å². The molecule has 0 fully saturated rings. The highest BCUT2D eigenvalue weighted by molar-refractivity contribution is 9.10. The number of hydrogen-bond acceptors (Lipinski definition) is 1. The number of fused-ring (bicyclic) bond motifs is 1. The minimum atomic E-state index is -0.331. The molecule has 0 atom stereocenters. The Balaban J connectivity index is 2.19. The Kier molecular flexibility index (Phi) is 2.84. The summed E-state index contributed by atoms with van der Waals surface area (Å²) in [6, 6.07) is 10.3. The van der Waals surface area contributed by atoms with Crippen molar-refractivity contribution in [1.82, 2.24) is 9.97 Å². The lowest BCUT2D eigenvalue weighted by Crippen LogP contribution is -1.81. The zero-order valence-electron chi connectivity index (χ0n) is 9.05. The summed E-state index contributed by atoms with van der Waals surface area (Å²) in [4.78, 5) is 7.34. The van der Waals surface area contributed by atoms with Crippen molar-refractivity contribution in [1.29, 1.82) is 0 Å². The van der Waals surface area contributed by atoms with Gasteiger partial charge in [-0.05, 0) is 46.3 Å². The molecule has 0 saturated carbocycles. The monoisotopic (exact) mass is 324 g/mol. The van der Waals surface area contributed by atoms with E-state index in [2.05, 4.69) is 25.9 Å². The summed E-state index contributed by atoms with van der Waals surface area (Å²) in [5.74, 6) is 0.287. The fraction of sp³-hybridized carbons (Fsp3) is 0. The highest BCUT2D eigenvalue weighted by atomic mass is 79.9. The van der Waals surface area contributed by atoms with Gasteiger partial charge in [0, 0.05) is 10.0 Å². The number of halogens is 3. The highest BCUT2D eigenvalue weighted by Gasteiger charge is 2.09. The Morgan fingerprint density at radius 2 is 2.06 bits per heavy atom. The van der Waals surface area contributed by atoms with E-state index in [1.54, 1.807) is 18.2 Å². The maximum atomic E-state index is 13.5. The number of benzene rings is 2. The molecule has 18 heavy (non-hydrogen) atoms. The van der Waals surface area contributed by atoms with E-state index in [1.807, 2.05) is 12.1 Å². The maximum Gasteiger partial charge on any atom is 0.151 e. The summed E-state index contributed by atoms with van der Waals surface area (Å²) in [5.41, 5.74) is 1.87. The van der Waals surface area contributed by atoms with Crippen LogP contribution in [0.2, 0.25) is 5.02 Å². The smallest absolute Gasteiger partial charge is 0.151 e. The zero-order chi connectivity index (χ0) is 12.7. The van der Waals surface area contributed by atoms with Crippen LogP contribution >= 0.6 is 27.5 Å². The first-order valence-corrected chi connectivity index (χ1v) is 6.42. The molecule has 0 spiro atoms. The first kappa shape index (κ1) is 11.7. The molecule has 0 aliphatic carbocycles. The van der Waals surface area contributed by atoms with E-state index in [0.29, 0.717) is 21.9 Å². The van der Waals surface area contributed by atoms with Gasteiger partial charge in [0.15, 0.2) is 5.82 Å². The Hall–Kier alpha value is -1.39. The Morgan fingerprint density at radius 1 is 1.22 bits per heavy atom. The first-order valence-electron chi connectivity index (χ1n) is 5.25. The minimum absolute atomic E-state index is 0.331. The van der Waals surface area contributed by atoms with Crippen LogP contribution in [0.15, 0.2) is 40.9 Å². The number of hydrogen-bond donors (Lipinski definition) is 1. The number of imidazole rings is 1. The topological polar surface area (TPSA) is 28.7 Å². The SMILES string of the molecule is Fc1cccc2[nH]c(-c3ccc(Cl)c(Br)c3)nc12. The Morgan fingerprint density at radius 3 is 2.78 bits per heavy atom. The van der Waals surface area contributed by atoms with Crippen molar-refractivity contribution in [2.45, 2.75) is 0 Å². The van der Waals surface area contributed by atoms with Crippen LogP contribution in [0, 0.1) is 5.82 Å². The van der Waals surface area contributed by atoms with Gasteiger partial charge in [-0.3, -0.25) is 0 Å². The number of para-hydroxylation sites is 1. The predicted molar refractivity (Wildman–Crippen MR) is 74.2 cm³/mol. The summed E-state index contributed by atoms with van der Waals surface area (Å²) < 4.78 is 14.3. The summed E-state index contributed by atoms with van der Waals surface area (Å²) >= 11 is 9.29. The minimum Gasteiger partial charge on any atom is -0.338 e. The van der Waals surface area contributed by atoms with Crippen LogP contribution in [-0.2, 0) is 0 Å². The molecule has 1 heterocycles. The average Bonchev–Trinajstić information content (AvgIpc) is 2.78. The molecule has 1 aromatic heterocycles. The van der Waals surface area contributed by atoms with Crippen molar-refractivity contribution in [2.24, 2.45) is 0 Å². The van der Waals surface area contributed by atoms with Gasteiger partial charge >= 0.3 is 0 Å². The molecule has 90 valence electrons. The molecule has 0 unspecified atom stereocenters. The molecule has 2 nitrogen and oxygen atoms in total. The molecule has 0 saturated heterocycles. The van der Waals surface area contributed by atoms with Gasteiger partial charge in [0.05, 0.1) is 10.5 Å². The first-order chi connectivity index (χ1) is 8.65. The van der Waals surface area contributed by atoms with Crippen LogP contribution in [0.25, 0.3) is 22.4 Å². The van der Waals surface area contributed by atoms with Crippen LogP contribution in [0.4, 0.5) is 4.39 Å². The van der Waals surface area contributed by atoms with Crippen molar-refractivity contribution in [2.75, 3.05) is 0 Å². The standard InChI is InChI=1S/C13H7BrClFN2/c14-8-6-7(4-5-9(8)15)13-17-11-3-1-2-10(16)12(11)18-13/h1-6H,(H,17,18). The van der Waals surface area contributed by atoms with Crippen molar-refractivity contribution in [3.8, 4) is 11.4 Å². The highest BCUT2D eigenvalue weighted by Crippen LogP contribution is 2.28. The normalized spacial score (nSPS) is 11.1. The third kappa shape index (κ3) is 1.91. The van der Waals surface area contributed by atoms with Crippen molar-refractivity contribution >= 4 is 38.6 Å². The molecule has 0 radical (unpaired) electrons. The molecule has 2 aromatic carbocycles. The van der Waals surface area contributed by atoms with Gasteiger partial charge < -0.3 is 4.98 Å². The van der Waals surface area contributed by atoms with Gasteiger partial charge in [-0.2, -0.15) is 0 Å². The molecule has 1 N–H and O–H groups in total. The summed E-state index contributed by atoms with van der Waals surface area (Å²) in [6.45, 7) is 0. The van der Waals surface area contributed by atoms with E-state index in [-0.39, 0.29) is 5.82 Å². The van der Waals surface area contributed by atoms with Crippen molar-refractivity contribution in [3.05, 3.63) is 51.7 Å². The number of nitrogens with zero attached hydrogens (tertiary/aromatic N) is 1. The van der Waals surface area contributed by atoms with Gasteiger partial charge in [0.25, 0.3) is 0 Å². The number of nitrogens with one attached hydrogen (secondary N) is 1. The molecule has 3 rings (SSSR count). The predicted octanol–water partition coefficient (Wildman–Crippen LogP) is 4.78. The summed E-state index contributed by atoms with van der Waals surface area (Å²) in [7, 11) is 0. The second-order valence-electron chi connectivity index (χ2n) is 3.85. The lowest BCUT2D eigenvalue weighted by Gasteiger charge is -1.99. The van der Waals surface area contributed by atoms with Gasteiger partial charge in [0.2, 0.25) is 0 Å². The van der Waals surface area contributed by atoms with E-state index in [9.17, 15) is 4.39 Å². The van der Waals surface area contributed by atoms with Gasteiger partial charge in [-0.15, -0.1) is 0 Å². The lowest BCUT2D eigenvalue weighted by molar-refractivity contribution is 0.637. The molecular formula is C13H7BrClFN2. The molecule has 0 bridgehead atoms. The quantitative estimate of drug-likeness (QED) is 0.685. The van der Waals surface area contributed by atoms with E-state index >= 15 is 0 Å². The molecule has 0 aliphatic heterocycles. The second kappa shape index (κ2) is 4.37. The third-order valence-electron chi connectivity index (χ3n) is 2.66. The summed E-state index contributed by atoms with van der Waals surface area (Å²) in [5, 5.41) is 0.626. The molecule has 0 aliphatic rings. The number of rotatable bonds is 1. The number of aromatic amines is 1. The lowest BCUT2D eigenvalue weighted by atomic mass is 10.2. The van der Waals surface area contributed by atoms with E-state index in [1.165, 1.54) is 6.07 Å². The zero-order valence-corrected chi connectivity index (χ0v) is 11.4. The van der Waals surface area contributed by atoms with Crippen LogP contribution in [-0.4, -0.2) is 9.97 Å². The van der Waals surface area contributed by atoms with Crippen LogP contribution < -0.4 is 0 Å². The van der Waals surface area contributed by atoms with Gasteiger partial charge in [-0.25, -0.2) is 9.37 Å². The molecule has 0 amide bonds. The Bertz CT molecular complexity index is 739. The Labute approximate surface area is 116 Å². The third-order valence-corrected chi connectivity index (χ3v) is 3.87. The second-order valence-corrected chi connectivity index (χ2v) is 5.11. The fourth-order valence-electron chi connectivity index (χ4n) is 1.78. The molecular weight excluding hydrogens is 319 g/mol. The van der Waals surface area contributed by atoms with E-state index in [0.717, 1.165) is 10.0 Å². The van der Waals surface area contributed by atoms with Gasteiger partial charge in [-0.1, -0.05) is 17.7 Å². The van der Waals surface area contributed by atoms with E-state index in [4.69, 9.17) is 11.6 Å². The fourth-order valence-corrected chi connectivity index (χ4v) is 2.27. The maximum absolute atomic E-state index is 13.5. The van der Waals surface area contributed by atoms with Crippen molar-refractivity contribution in [3.63, 3.8) is 0 Å². The van der Waals surface area contributed by atoms with E-state index < -0.39 is 0 Å². The average molecular weight is 326 g/mol.